The number of nitrogens with one attached hydrogen (secondary N) is 1. The van der Waals surface area contributed by atoms with Crippen molar-refractivity contribution in [3.05, 3.63) is 0 Å². The van der Waals surface area contributed by atoms with Crippen molar-refractivity contribution in [3.8, 4) is 0 Å². The fourth-order valence-corrected chi connectivity index (χ4v) is 2.89. The number of rotatable bonds is 3. The number of hydrogen-bond acceptors (Lipinski definition) is 4. The van der Waals surface area contributed by atoms with Crippen LogP contribution < -0.4 is 5.32 Å². The van der Waals surface area contributed by atoms with Crippen LogP contribution >= 0.6 is 0 Å². The van der Waals surface area contributed by atoms with Gasteiger partial charge in [0, 0.05) is 13.1 Å². The molecule has 1 fully saturated rings. The number of amides is 1. The smallest absolute Gasteiger partial charge is 0.239 e. The molecule has 1 aliphatic heterocycles. The van der Waals surface area contributed by atoms with Crippen LogP contribution in [-0.2, 0) is 14.6 Å². The Hall–Kier alpha value is -0.620. The van der Waals surface area contributed by atoms with Crippen LogP contribution in [0.5, 0.6) is 0 Å². The van der Waals surface area contributed by atoms with Gasteiger partial charge in [0.1, 0.15) is 0 Å². The highest BCUT2D eigenvalue weighted by molar-refractivity contribution is 7.92. The number of hydrogen-bond donors (Lipinski definition) is 1. The summed E-state index contributed by atoms with van der Waals surface area (Å²) in [6.45, 7) is 8.62. The SMILES string of the molecule is CC1NCCCN(CCS(=O)(=O)C(C)(C)C)C1=O. The Morgan fingerprint density at radius 3 is 2.56 bits per heavy atom. The number of carbonyl (C=O) groups excluding carboxylic acids is 1. The van der Waals surface area contributed by atoms with Crippen molar-refractivity contribution in [2.45, 2.75) is 44.9 Å². The number of carbonyl (C=O) groups is 1. The molecule has 1 N–H and O–H groups in total. The highest BCUT2D eigenvalue weighted by atomic mass is 32.2. The topological polar surface area (TPSA) is 66.5 Å². The van der Waals surface area contributed by atoms with E-state index < -0.39 is 14.6 Å². The zero-order chi connectivity index (χ0) is 14.0. The van der Waals surface area contributed by atoms with Crippen molar-refractivity contribution in [1.82, 2.24) is 10.2 Å². The third-order valence-electron chi connectivity index (χ3n) is 3.30. The van der Waals surface area contributed by atoms with Crippen molar-refractivity contribution >= 4 is 15.7 Å². The van der Waals surface area contributed by atoms with Crippen LogP contribution in [0.4, 0.5) is 0 Å². The van der Waals surface area contributed by atoms with E-state index >= 15 is 0 Å². The van der Waals surface area contributed by atoms with E-state index in [0.717, 1.165) is 13.0 Å². The fourth-order valence-electron chi connectivity index (χ4n) is 1.82. The van der Waals surface area contributed by atoms with Gasteiger partial charge in [0.15, 0.2) is 9.84 Å². The molecule has 0 radical (unpaired) electrons. The van der Waals surface area contributed by atoms with E-state index in [0.29, 0.717) is 13.1 Å². The van der Waals surface area contributed by atoms with Crippen molar-refractivity contribution in [2.75, 3.05) is 25.4 Å². The molecular formula is C12H24N2O3S. The van der Waals surface area contributed by atoms with Gasteiger partial charge in [-0.15, -0.1) is 0 Å². The molecule has 106 valence electrons. The number of sulfone groups is 1. The van der Waals surface area contributed by atoms with E-state index in [-0.39, 0.29) is 17.7 Å². The van der Waals surface area contributed by atoms with Gasteiger partial charge in [-0.05, 0) is 40.7 Å². The van der Waals surface area contributed by atoms with Crippen LogP contribution in [0.3, 0.4) is 0 Å². The van der Waals surface area contributed by atoms with E-state index in [2.05, 4.69) is 5.32 Å². The van der Waals surface area contributed by atoms with Gasteiger partial charge in [0.05, 0.1) is 16.5 Å². The Morgan fingerprint density at radius 2 is 2.00 bits per heavy atom. The summed E-state index contributed by atoms with van der Waals surface area (Å²) in [5, 5.41) is 3.11. The summed E-state index contributed by atoms with van der Waals surface area (Å²) < 4.78 is 23.3. The Balaban J connectivity index is 2.65. The zero-order valence-electron chi connectivity index (χ0n) is 11.7. The third-order valence-corrected chi connectivity index (χ3v) is 5.89. The van der Waals surface area contributed by atoms with Crippen LogP contribution in [-0.4, -0.2) is 55.4 Å². The van der Waals surface area contributed by atoms with E-state index in [9.17, 15) is 13.2 Å². The molecule has 0 spiro atoms. The van der Waals surface area contributed by atoms with Crippen LogP contribution in [0.1, 0.15) is 34.1 Å². The maximum absolute atomic E-state index is 12.0. The molecule has 5 nitrogen and oxygen atoms in total. The van der Waals surface area contributed by atoms with Gasteiger partial charge < -0.3 is 10.2 Å². The van der Waals surface area contributed by atoms with Gasteiger partial charge in [-0.1, -0.05) is 0 Å². The van der Waals surface area contributed by atoms with E-state index in [4.69, 9.17) is 0 Å². The summed E-state index contributed by atoms with van der Waals surface area (Å²) in [5.74, 6) is 0.0335. The van der Waals surface area contributed by atoms with Crippen molar-refractivity contribution in [1.29, 1.82) is 0 Å². The minimum absolute atomic E-state index is 0.00314. The molecule has 0 bridgehead atoms. The largest absolute Gasteiger partial charge is 0.340 e. The molecule has 1 heterocycles. The van der Waals surface area contributed by atoms with Crippen LogP contribution in [0.25, 0.3) is 0 Å². The summed E-state index contributed by atoms with van der Waals surface area (Å²) >= 11 is 0. The molecule has 1 amide bonds. The molecule has 1 atom stereocenters. The maximum Gasteiger partial charge on any atom is 0.239 e. The first kappa shape index (κ1) is 15.4. The highest BCUT2D eigenvalue weighted by Gasteiger charge is 2.31. The lowest BCUT2D eigenvalue weighted by Gasteiger charge is -2.25. The molecule has 1 saturated heterocycles. The molecule has 18 heavy (non-hydrogen) atoms. The van der Waals surface area contributed by atoms with Crippen LogP contribution in [0.2, 0.25) is 0 Å². The molecular weight excluding hydrogens is 252 g/mol. The zero-order valence-corrected chi connectivity index (χ0v) is 12.5. The average molecular weight is 276 g/mol. The van der Waals surface area contributed by atoms with Crippen molar-refractivity contribution < 1.29 is 13.2 Å². The summed E-state index contributed by atoms with van der Waals surface area (Å²) in [4.78, 5) is 13.6. The van der Waals surface area contributed by atoms with E-state index in [1.807, 2.05) is 6.92 Å². The monoisotopic (exact) mass is 276 g/mol. The molecule has 1 rings (SSSR count). The van der Waals surface area contributed by atoms with Gasteiger partial charge in [-0.25, -0.2) is 8.42 Å². The molecule has 0 aromatic heterocycles. The molecule has 0 aliphatic carbocycles. The minimum Gasteiger partial charge on any atom is -0.340 e. The van der Waals surface area contributed by atoms with Gasteiger partial charge in [0.25, 0.3) is 0 Å². The number of nitrogens with zero attached hydrogens (tertiary/aromatic N) is 1. The Bertz CT molecular complexity index is 398. The predicted octanol–water partition coefficient (Wildman–Crippen LogP) is 0.410. The molecule has 0 saturated carbocycles. The van der Waals surface area contributed by atoms with E-state index in [1.165, 1.54) is 0 Å². The molecule has 0 aromatic carbocycles. The Labute approximate surface area is 110 Å². The molecule has 0 aromatic rings. The third kappa shape index (κ3) is 3.68. The second-order valence-electron chi connectivity index (χ2n) is 5.79. The highest BCUT2D eigenvalue weighted by Crippen LogP contribution is 2.16. The lowest BCUT2D eigenvalue weighted by Crippen LogP contribution is -2.44. The Kier molecular flexibility index (Phi) is 4.78. The first-order valence-corrected chi connectivity index (χ1v) is 8.05. The van der Waals surface area contributed by atoms with Crippen LogP contribution in [0.15, 0.2) is 0 Å². The fraction of sp³-hybridized carbons (Fsp3) is 0.917. The molecule has 1 aliphatic rings. The lowest BCUT2D eigenvalue weighted by atomic mass is 10.3. The molecule has 1 unspecified atom stereocenters. The van der Waals surface area contributed by atoms with Gasteiger partial charge in [0.2, 0.25) is 5.91 Å². The quantitative estimate of drug-likeness (QED) is 0.811. The summed E-state index contributed by atoms with van der Waals surface area (Å²) in [5.41, 5.74) is 0. The predicted molar refractivity (Wildman–Crippen MR) is 72.2 cm³/mol. The summed E-state index contributed by atoms with van der Waals surface area (Å²) in [7, 11) is -3.16. The first-order chi connectivity index (χ1) is 8.15. The van der Waals surface area contributed by atoms with Crippen molar-refractivity contribution in [2.24, 2.45) is 0 Å². The van der Waals surface area contributed by atoms with Gasteiger partial charge in [-0.3, -0.25) is 4.79 Å². The maximum atomic E-state index is 12.0. The first-order valence-electron chi connectivity index (χ1n) is 6.39. The van der Waals surface area contributed by atoms with Crippen molar-refractivity contribution in [3.63, 3.8) is 0 Å². The second-order valence-corrected chi connectivity index (χ2v) is 8.65. The Morgan fingerprint density at radius 1 is 1.39 bits per heavy atom. The van der Waals surface area contributed by atoms with E-state index in [1.54, 1.807) is 25.7 Å². The van der Waals surface area contributed by atoms with Gasteiger partial charge in [-0.2, -0.15) is 0 Å². The standard InChI is InChI=1S/C12H24N2O3S/c1-10-11(15)14(7-5-6-13-10)8-9-18(16,17)12(2,3)4/h10,13H,5-9H2,1-4H3. The second kappa shape index (κ2) is 5.57. The molecule has 6 heteroatoms. The average Bonchev–Trinajstić information content (AvgIpc) is 2.39. The summed E-state index contributed by atoms with van der Waals surface area (Å²) in [6.07, 6.45) is 0.867. The van der Waals surface area contributed by atoms with Crippen LogP contribution in [0, 0.1) is 0 Å². The summed E-state index contributed by atoms with van der Waals surface area (Å²) in [6, 6.07) is -0.218. The minimum atomic E-state index is -3.16. The van der Waals surface area contributed by atoms with Gasteiger partial charge >= 0.3 is 0 Å². The lowest BCUT2D eigenvalue weighted by molar-refractivity contribution is -0.131. The normalized spacial score (nSPS) is 23.0.